The van der Waals surface area contributed by atoms with E-state index in [0.717, 1.165) is 21.9 Å². The standard InChI is InChI=1S/C18H13ClO2.ClH/c1-12-3-2-4-13(9-12)5-8-17(20)18-16-7-6-15(19)10-14(16)11-21-18;/h2-11H,1H3;1H. The Morgan fingerprint density at radius 2 is 2.00 bits per heavy atom. The van der Waals surface area contributed by atoms with Crippen molar-refractivity contribution < 1.29 is 9.21 Å². The van der Waals surface area contributed by atoms with E-state index in [-0.39, 0.29) is 18.2 Å². The maximum absolute atomic E-state index is 12.2. The van der Waals surface area contributed by atoms with Gasteiger partial charge in [0.2, 0.25) is 5.78 Å². The molecule has 0 amide bonds. The van der Waals surface area contributed by atoms with Crippen LogP contribution in [-0.4, -0.2) is 5.78 Å². The Morgan fingerprint density at radius 1 is 1.18 bits per heavy atom. The summed E-state index contributed by atoms with van der Waals surface area (Å²) in [7, 11) is 0. The second kappa shape index (κ2) is 6.82. The summed E-state index contributed by atoms with van der Waals surface area (Å²) in [5.74, 6) is 0.180. The molecule has 2 nitrogen and oxygen atoms in total. The highest BCUT2D eigenvalue weighted by Gasteiger charge is 2.12. The molecule has 0 spiro atoms. The van der Waals surface area contributed by atoms with Crippen molar-refractivity contribution in [2.45, 2.75) is 6.92 Å². The molecule has 0 aliphatic carbocycles. The first-order chi connectivity index (χ1) is 10.1. The Morgan fingerprint density at radius 3 is 2.77 bits per heavy atom. The number of allylic oxidation sites excluding steroid dienone is 1. The van der Waals surface area contributed by atoms with Crippen LogP contribution in [0, 0.1) is 6.92 Å². The number of benzene rings is 2. The third-order valence-corrected chi connectivity index (χ3v) is 3.49. The number of aryl methyl sites for hydroxylation is 1. The third kappa shape index (κ3) is 3.41. The van der Waals surface area contributed by atoms with Crippen molar-refractivity contribution in [2.75, 3.05) is 0 Å². The fourth-order valence-electron chi connectivity index (χ4n) is 2.24. The van der Waals surface area contributed by atoms with E-state index in [1.165, 1.54) is 6.08 Å². The zero-order valence-electron chi connectivity index (χ0n) is 11.9. The summed E-state index contributed by atoms with van der Waals surface area (Å²) in [6.45, 7) is 2.02. The number of ketones is 1. The SMILES string of the molecule is Cc1cccc(C=CC(=O)c2occ3cc(Cl)ccc23)c1.Cl. The average molecular weight is 333 g/mol. The second-order valence-electron chi connectivity index (χ2n) is 4.91. The lowest BCUT2D eigenvalue weighted by Crippen LogP contribution is -1.92. The van der Waals surface area contributed by atoms with Crippen LogP contribution >= 0.6 is 24.0 Å². The molecule has 3 aromatic rings. The van der Waals surface area contributed by atoms with Gasteiger partial charge in [0.15, 0.2) is 5.76 Å². The summed E-state index contributed by atoms with van der Waals surface area (Å²) in [5.41, 5.74) is 2.14. The van der Waals surface area contributed by atoms with E-state index >= 15 is 0 Å². The van der Waals surface area contributed by atoms with Gasteiger partial charge in [-0.05, 0) is 36.8 Å². The van der Waals surface area contributed by atoms with E-state index in [1.807, 2.05) is 31.2 Å². The molecule has 4 heteroatoms. The van der Waals surface area contributed by atoms with Gasteiger partial charge in [-0.15, -0.1) is 12.4 Å². The zero-order chi connectivity index (χ0) is 14.8. The van der Waals surface area contributed by atoms with Crippen LogP contribution in [0.3, 0.4) is 0 Å². The molecule has 3 rings (SSSR count). The van der Waals surface area contributed by atoms with Crippen LogP contribution in [0.4, 0.5) is 0 Å². The lowest BCUT2D eigenvalue weighted by molar-refractivity contribution is 0.102. The van der Waals surface area contributed by atoms with Crippen molar-refractivity contribution in [3.63, 3.8) is 0 Å². The van der Waals surface area contributed by atoms with Crippen molar-refractivity contribution in [2.24, 2.45) is 0 Å². The van der Waals surface area contributed by atoms with E-state index in [1.54, 1.807) is 30.5 Å². The van der Waals surface area contributed by atoms with Crippen molar-refractivity contribution >= 4 is 46.6 Å². The maximum atomic E-state index is 12.2. The molecule has 1 heterocycles. The fraction of sp³-hybridized carbons (Fsp3) is 0.0556. The van der Waals surface area contributed by atoms with Crippen LogP contribution in [0.2, 0.25) is 5.02 Å². The monoisotopic (exact) mass is 332 g/mol. The molecule has 0 saturated heterocycles. The molecule has 0 atom stereocenters. The number of hydrogen-bond donors (Lipinski definition) is 0. The van der Waals surface area contributed by atoms with Crippen LogP contribution in [0.5, 0.6) is 0 Å². The van der Waals surface area contributed by atoms with Crippen LogP contribution in [-0.2, 0) is 0 Å². The van der Waals surface area contributed by atoms with Gasteiger partial charge < -0.3 is 4.42 Å². The highest BCUT2D eigenvalue weighted by Crippen LogP contribution is 2.25. The van der Waals surface area contributed by atoms with Gasteiger partial charge >= 0.3 is 0 Å². The molecule has 1 aromatic heterocycles. The fourth-order valence-corrected chi connectivity index (χ4v) is 2.42. The molecule has 0 N–H and O–H groups in total. The Hall–Kier alpha value is -2.03. The van der Waals surface area contributed by atoms with Crippen molar-refractivity contribution in [1.29, 1.82) is 0 Å². The number of halogens is 2. The summed E-state index contributed by atoms with van der Waals surface area (Å²) in [6.07, 6.45) is 4.87. The number of fused-ring (bicyclic) bond motifs is 1. The molecule has 0 fully saturated rings. The third-order valence-electron chi connectivity index (χ3n) is 3.26. The van der Waals surface area contributed by atoms with E-state index in [2.05, 4.69) is 0 Å². The maximum Gasteiger partial charge on any atom is 0.221 e. The number of carbonyl (C=O) groups excluding carboxylic acids is 1. The molecule has 0 bridgehead atoms. The summed E-state index contributed by atoms with van der Waals surface area (Å²) < 4.78 is 5.38. The largest absolute Gasteiger partial charge is 0.460 e. The van der Waals surface area contributed by atoms with Gasteiger partial charge in [0.1, 0.15) is 0 Å². The Kier molecular flexibility index (Phi) is 5.07. The molecular formula is C18H14Cl2O2. The molecule has 0 radical (unpaired) electrons. The summed E-state index contributed by atoms with van der Waals surface area (Å²) in [4.78, 5) is 12.2. The molecule has 2 aromatic carbocycles. The van der Waals surface area contributed by atoms with Crippen LogP contribution < -0.4 is 0 Å². The minimum Gasteiger partial charge on any atom is -0.460 e. The number of hydrogen-bond acceptors (Lipinski definition) is 2. The topological polar surface area (TPSA) is 30.2 Å². The van der Waals surface area contributed by atoms with Gasteiger partial charge in [-0.3, -0.25) is 4.79 Å². The van der Waals surface area contributed by atoms with Gasteiger partial charge in [-0.1, -0.05) is 47.5 Å². The smallest absolute Gasteiger partial charge is 0.221 e. The Labute approximate surface area is 139 Å². The normalized spacial score (nSPS) is 10.8. The highest BCUT2D eigenvalue weighted by atomic mass is 35.5. The predicted molar refractivity (Wildman–Crippen MR) is 93.0 cm³/mol. The van der Waals surface area contributed by atoms with Crippen LogP contribution in [0.1, 0.15) is 21.7 Å². The zero-order valence-corrected chi connectivity index (χ0v) is 13.4. The first-order valence-electron chi connectivity index (χ1n) is 6.59. The van der Waals surface area contributed by atoms with Gasteiger partial charge in [0.25, 0.3) is 0 Å². The Balaban J connectivity index is 0.00000176. The predicted octanol–water partition coefficient (Wildman–Crippen LogP) is 5.71. The summed E-state index contributed by atoms with van der Waals surface area (Å²) in [6, 6.07) is 13.3. The first kappa shape index (κ1) is 16.3. The molecule has 0 unspecified atom stereocenters. The van der Waals surface area contributed by atoms with Gasteiger partial charge in [-0.25, -0.2) is 0 Å². The van der Waals surface area contributed by atoms with Gasteiger partial charge in [0, 0.05) is 15.8 Å². The minimum atomic E-state index is -0.158. The number of furan rings is 1. The lowest BCUT2D eigenvalue weighted by Gasteiger charge is -1.96. The van der Waals surface area contributed by atoms with Crippen molar-refractivity contribution in [1.82, 2.24) is 0 Å². The highest BCUT2D eigenvalue weighted by molar-refractivity contribution is 6.31. The molecule has 112 valence electrons. The average Bonchev–Trinajstić information content (AvgIpc) is 2.88. The minimum absolute atomic E-state index is 0. The van der Waals surface area contributed by atoms with E-state index in [0.29, 0.717) is 10.8 Å². The Bertz CT molecular complexity index is 847. The summed E-state index contributed by atoms with van der Waals surface area (Å²) >= 11 is 5.92. The second-order valence-corrected chi connectivity index (χ2v) is 5.34. The van der Waals surface area contributed by atoms with Crippen molar-refractivity contribution in [3.05, 3.63) is 76.7 Å². The quantitative estimate of drug-likeness (QED) is 0.454. The first-order valence-corrected chi connectivity index (χ1v) is 6.97. The summed E-state index contributed by atoms with van der Waals surface area (Å²) in [5, 5.41) is 2.23. The number of rotatable bonds is 3. The lowest BCUT2D eigenvalue weighted by atomic mass is 10.1. The van der Waals surface area contributed by atoms with Crippen LogP contribution in [0.25, 0.3) is 16.8 Å². The van der Waals surface area contributed by atoms with Gasteiger partial charge in [0.05, 0.1) is 6.26 Å². The molecule has 0 aliphatic rings. The van der Waals surface area contributed by atoms with Crippen molar-refractivity contribution in [3.8, 4) is 0 Å². The number of carbonyl (C=O) groups is 1. The van der Waals surface area contributed by atoms with E-state index in [9.17, 15) is 4.79 Å². The van der Waals surface area contributed by atoms with E-state index < -0.39 is 0 Å². The van der Waals surface area contributed by atoms with Crippen LogP contribution in [0.15, 0.2) is 59.2 Å². The molecule has 22 heavy (non-hydrogen) atoms. The molecular weight excluding hydrogens is 319 g/mol. The molecule has 0 saturated carbocycles. The molecule has 0 aliphatic heterocycles. The van der Waals surface area contributed by atoms with Gasteiger partial charge in [-0.2, -0.15) is 0 Å². The van der Waals surface area contributed by atoms with E-state index in [4.69, 9.17) is 16.0 Å².